The van der Waals surface area contributed by atoms with Crippen molar-refractivity contribution in [3.05, 3.63) is 60.2 Å². The Kier molecular flexibility index (Phi) is 7.25. The molecule has 1 heterocycles. The van der Waals surface area contributed by atoms with Gasteiger partial charge in [-0.3, -0.25) is 10.1 Å². The summed E-state index contributed by atoms with van der Waals surface area (Å²) in [6.07, 6.45) is 2.01. The second-order valence-electron chi connectivity index (χ2n) is 6.77. The van der Waals surface area contributed by atoms with E-state index < -0.39 is 0 Å². The Morgan fingerprint density at radius 3 is 2.43 bits per heavy atom. The number of piperazine rings is 1. The van der Waals surface area contributed by atoms with Crippen molar-refractivity contribution in [3.8, 4) is 5.75 Å². The summed E-state index contributed by atoms with van der Waals surface area (Å²) in [5, 5.41) is 3.34. The highest BCUT2D eigenvalue weighted by Crippen LogP contribution is 2.19. The average molecular weight is 398 g/mol. The number of unbranched alkanes of at least 4 members (excludes halogenated alkanes) is 1. The van der Waals surface area contributed by atoms with E-state index in [4.69, 9.17) is 17.0 Å². The van der Waals surface area contributed by atoms with Crippen molar-refractivity contribution >= 4 is 28.9 Å². The number of nitrogens with zero attached hydrogens (tertiary/aromatic N) is 2. The molecular weight excluding hydrogens is 370 g/mol. The van der Waals surface area contributed by atoms with E-state index in [0.29, 0.717) is 23.0 Å². The zero-order valence-electron chi connectivity index (χ0n) is 16.3. The molecular formula is C22H27N3O2S. The third-order valence-corrected chi connectivity index (χ3v) is 5.16. The first-order valence-corrected chi connectivity index (χ1v) is 10.2. The second-order valence-corrected chi connectivity index (χ2v) is 7.15. The molecule has 3 rings (SSSR count). The van der Waals surface area contributed by atoms with Gasteiger partial charge in [0.2, 0.25) is 0 Å². The summed E-state index contributed by atoms with van der Waals surface area (Å²) in [5.74, 6) is 0.382. The van der Waals surface area contributed by atoms with Gasteiger partial charge in [-0.05, 0) is 42.9 Å². The van der Waals surface area contributed by atoms with E-state index in [1.807, 2.05) is 41.3 Å². The Bertz CT molecular complexity index is 789. The van der Waals surface area contributed by atoms with Gasteiger partial charge in [0.15, 0.2) is 5.11 Å². The Morgan fingerprint density at radius 1 is 1.04 bits per heavy atom. The number of anilines is 1. The van der Waals surface area contributed by atoms with Crippen molar-refractivity contribution in [2.24, 2.45) is 0 Å². The normalized spacial score (nSPS) is 13.9. The van der Waals surface area contributed by atoms with E-state index in [2.05, 4.69) is 29.3 Å². The van der Waals surface area contributed by atoms with Gasteiger partial charge in [-0.2, -0.15) is 0 Å². The smallest absolute Gasteiger partial charge is 0.261 e. The lowest BCUT2D eigenvalue weighted by molar-refractivity contribution is 0.0969. The summed E-state index contributed by atoms with van der Waals surface area (Å²) in [6.45, 7) is 6.02. The lowest BCUT2D eigenvalue weighted by Crippen LogP contribution is -2.52. The largest absolute Gasteiger partial charge is 0.493 e. The topological polar surface area (TPSA) is 44.8 Å². The lowest BCUT2D eigenvalue weighted by Gasteiger charge is -2.37. The first-order chi connectivity index (χ1) is 13.7. The molecule has 0 saturated carbocycles. The predicted octanol–water partition coefficient (Wildman–Crippen LogP) is 3.70. The van der Waals surface area contributed by atoms with Gasteiger partial charge in [-0.25, -0.2) is 0 Å². The number of carbonyl (C=O) groups is 1. The molecule has 6 heteroatoms. The Labute approximate surface area is 172 Å². The molecule has 1 amide bonds. The van der Waals surface area contributed by atoms with Crippen LogP contribution in [-0.2, 0) is 0 Å². The third kappa shape index (κ3) is 5.23. The number of hydrogen-bond acceptors (Lipinski definition) is 4. The molecule has 1 N–H and O–H groups in total. The number of hydrogen-bond donors (Lipinski definition) is 1. The molecule has 0 spiro atoms. The van der Waals surface area contributed by atoms with Crippen molar-refractivity contribution in [1.82, 2.24) is 10.2 Å². The van der Waals surface area contributed by atoms with Gasteiger partial charge in [-0.1, -0.05) is 43.7 Å². The molecule has 0 unspecified atom stereocenters. The van der Waals surface area contributed by atoms with Crippen LogP contribution < -0.4 is 15.0 Å². The van der Waals surface area contributed by atoms with Gasteiger partial charge < -0.3 is 14.5 Å². The SMILES string of the molecule is CCCCOc1ccccc1C(=O)NC(=S)N1CCN(c2ccccc2)CC1. The van der Waals surface area contributed by atoms with Crippen LogP contribution in [0.1, 0.15) is 30.1 Å². The molecule has 0 bridgehead atoms. The molecule has 0 aromatic heterocycles. The van der Waals surface area contributed by atoms with Gasteiger partial charge >= 0.3 is 0 Å². The molecule has 2 aromatic carbocycles. The van der Waals surface area contributed by atoms with Crippen molar-refractivity contribution in [2.45, 2.75) is 19.8 Å². The van der Waals surface area contributed by atoms with Crippen LogP contribution in [0, 0.1) is 0 Å². The van der Waals surface area contributed by atoms with Crippen LogP contribution in [-0.4, -0.2) is 48.7 Å². The minimum Gasteiger partial charge on any atom is -0.493 e. The number of rotatable bonds is 6. The summed E-state index contributed by atoms with van der Waals surface area (Å²) in [7, 11) is 0. The van der Waals surface area contributed by atoms with Crippen LogP contribution in [0.25, 0.3) is 0 Å². The minimum absolute atomic E-state index is 0.220. The number of benzene rings is 2. The maximum absolute atomic E-state index is 12.7. The molecule has 0 aliphatic carbocycles. The Hall–Kier alpha value is -2.60. The van der Waals surface area contributed by atoms with E-state index >= 15 is 0 Å². The maximum Gasteiger partial charge on any atom is 0.261 e. The van der Waals surface area contributed by atoms with Crippen LogP contribution >= 0.6 is 12.2 Å². The molecule has 0 atom stereocenters. The van der Waals surface area contributed by atoms with Gasteiger partial charge in [0.05, 0.1) is 12.2 Å². The van der Waals surface area contributed by atoms with E-state index in [1.165, 1.54) is 5.69 Å². The number of thiocarbonyl (C=S) groups is 1. The fraction of sp³-hybridized carbons (Fsp3) is 0.364. The Balaban J connectivity index is 1.55. The third-order valence-electron chi connectivity index (χ3n) is 4.80. The standard InChI is InChI=1S/C22H27N3O2S/c1-2-3-17-27-20-12-8-7-11-19(20)21(26)23-22(28)25-15-13-24(14-16-25)18-9-5-4-6-10-18/h4-12H,2-3,13-17H2,1H3,(H,23,26,28). The molecule has 5 nitrogen and oxygen atoms in total. The fourth-order valence-corrected chi connectivity index (χ4v) is 3.43. The molecule has 28 heavy (non-hydrogen) atoms. The van der Waals surface area contributed by atoms with Gasteiger partial charge in [-0.15, -0.1) is 0 Å². The van der Waals surface area contributed by atoms with Crippen LogP contribution in [0.15, 0.2) is 54.6 Å². The van der Waals surface area contributed by atoms with E-state index in [1.54, 1.807) is 6.07 Å². The quantitative estimate of drug-likeness (QED) is 0.595. The van der Waals surface area contributed by atoms with Crippen molar-refractivity contribution in [2.75, 3.05) is 37.7 Å². The van der Waals surface area contributed by atoms with Crippen LogP contribution in [0.4, 0.5) is 5.69 Å². The molecule has 1 saturated heterocycles. The summed E-state index contributed by atoms with van der Waals surface area (Å²) in [5.41, 5.74) is 1.74. The first-order valence-electron chi connectivity index (χ1n) is 9.81. The number of amides is 1. The van der Waals surface area contributed by atoms with Gasteiger partial charge in [0.1, 0.15) is 5.75 Å². The summed E-state index contributed by atoms with van der Waals surface area (Å²) in [4.78, 5) is 17.1. The highest BCUT2D eigenvalue weighted by Gasteiger charge is 2.21. The number of para-hydroxylation sites is 2. The first kappa shape index (κ1) is 20.1. The molecule has 1 aliphatic rings. The van der Waals surface area contributed by atoms with Crippen LogP contribution in [0.5, 0.6) is 5.75 Å². The number of ether oxygens (including phenoxy) is 1. The summed E-state index contributed by atoms with van der Waals surface area (Å²) < 4.78 is 5.76. The van der Waals surface area contributed by atoms with Crippen molar-refractivity contribution < 1.29 is 9.53 Å². The zero-order valence-corrected chi connectivity index (χ0v) is 17.1. The van der Waals surface area contributed by atoms with E-state index in [9.17, 15) is 4.79 Å². The van der Waals surface area contributed by atoms with E-state index in [-0.39, 0.29) is 5.91 Å². The van der Waals surface area contributed by atoms with Crippen molar-refractivity contribution in [3.63, 3.8) is 0 Å². The van der Waals surface area contributed by atoms with Crippen molar-refractivity contribution in [1.29, 1.82) is 0 Å². The monoisotopic (exact) mass is 397 g/mol. The van der Waals surface area contributed by atoms with E-state index in [0.717, 1.165) is 39.0 Å². The maximum atomic E-state index is 12.7. The second kappa shape index (κ2) is 10.1. The minimum atomic E-state index is -0.220. The zero-order chi connectivity index (χ0) is 19.8. The molecule has 1 fully saturated rings. The lowest BCUT2D eigenvalue weighted by atomic mass is 10.2. The molecule has 0 radical (unpaired) electrons. The van der Waals surface area contributed by atoms with Crippen LogP contribution in [0.2, 0.25) is 0 Å². The molecule has 1 aliphatic heterocycles. The summed E-state index contributed by atoms with van der Waals surface area (Å²) in [6, 6.07) is 17.7. The molecule has 148 valence electrons. The number of nitrogens with one attached hydrogen (secondary N) is 1. The Morgan fingerprint density at radius 2 is 1.71 bits per heavy atom. The molecule has 2 aromatic rings. The van der Waals surface area contributed by atoms with Gasteiger partial charge in [0.25, 0.3) is 5.91 Å². The number of carbonyl (C=O) groups excluding carboxylic acids is 1. The predicted molar refractivity (Wildman–Crippen MR) is 117 cm³/mol. The highest BCUT2D eigenvalue weighted by molar-refractivity contribution is 7.80. The fourth-order valence-electron chi connectivity index (χ4n) is 3.16. The summed E-state index contributed by atoms with van der Waals surface area (Å²) >= 11 is 5.49. The highest BCUT2D eigenvalue weighted by atomic mass is 32.1. The average Bonchev–Trinajstić information content (AvgIpc) is 2.75. The van der Waals surface area contributed by atoms with Gasteiger partial charge in [0, 0.05) is 31.9 Å². The van der Waals surface area contributed by atoms with Crippen LogP contribution in [0.3, 0.4) is 0 Å².